The number of carbonyl (C=O) groups is 2. The van der Waals surface area contributed by atoms with Crippen LogP contribution in [-0.4, -0.2) is 35.7 Å². The molecule has 116 valence electrons. The minimum atomic E-state index is -1.33. The first-order valence-electron chi connectivity index (χ1n) is 6.80. The van der Waals surface area contributed by atoms with Gasteiger partial charge in [0.2, 0.25) is 0 Å². The Morgan fingerprint density at radius 2 is 2.14 bits per heavy atom. The lowest BCUT2D eigenvalue weighted by molar-refractivity contribution is -0.144. The molecule has 0 aliphatic carbocycles. The predicted molar refractivity (Wildman–Crippen MR) is 80.0 cm³/mol. The third-order valence-corrected chi connectivity index (χ3v) is 4.70. The minimum absolute atomic E-state index is 0.0102. The fourth-order valence-electron chi connectivity index (χ4n) is 2.32. The Bertz CT molecular complexity index is 711. The van der Waals surface area contributed by atoms with E-state index in [0.29, 0.717) is 17.2 Å². The fraction of sp³-hybridized carbons (Fsp3) is 0.333. The molecule has 1 unspecified atom stereocenters. The Hall–Kier alpha value is -2.12. The van der Waals surface area contributed by atoms with Gasteiger partial charge in [-0.1, -0.05) is 0 Å². The summed E-state index contributed by atoms with van der Waals surface area (Å²) in [6.07, 6.45) is 0.268. The molecule has 3 heterocycles. The van der Waals surface area contributed by atoms with Gasteiger partial charge in [-0.3, -0.25) is 4.79 Å². The van der Waals surface area contributed by atoms with Crippen molar-refractivity contribution in [3.05, 3.63) is 34.9 Å². The van der Waals surface area contributed by atoms with Crippen LogP contribution in [0.1, 0.15) is 21.9 Å². The summed E-state index contributed by atoms with van der Waals surface area (Å²) in [5.74, 6) is 0.00486. The molecule has 0 saturated carbocycles. The molecular formula is C15H15NO5S. The summed E-state index contributed by atoms with van der Waals surface area (Å²) in [4.78, 5) is 25.0. The third kappa shape index (κ3) is 2.65. The number of amides is 1. The molecule has 6 nitrogen and oxygen atoms in total. The standard InChI is InChI=1S/C15H15NO5S/c1-9-2-3-10(21-9)11-4-5-12(22-11)13(17)16-15(14(18)19)6-7-20-8-15/h2-5H,6-8H2,1H3,(H,16,17)(H,18,19). The van der Waals surface area contributed by atoms with Crippen LogP contribution in [0.15, 0.2) is 28.7 Å². The van der Waals surface area contributed by atoms with E-state index in [2.05, 4.69) is 5.32 Å². The maximum absolute atomic E-state index is 12.3. The van der Waals surface area contributed by atoms with Gasteiger partial charge in [-0.05, 0) is 31.2 Å². The zero-order chi connectivity index (χ0) is 15.7. The summed E-state index contributed by atoms with van der Waals surface area (Å²) in [5, 5.41) is 11.9. The number of aryl methyl sites for hydroxylation is 1. The second-order valence-electron chi connectivity index (χ2n) is 5.22. The van der Waals surface area contributed by atoms with Gasteiger partial charge >= 0.3 is 5.97 Å². The van der Waals surface area contributed by atoms with Crippen molar-refractivity contribution in [2.45, 2.75) is 18.9 Å². The largest absolute Gasteiger partial charge is 0.479 e. The molecule has 1 atom stereocenters. The van der Waals surface area contributed by atoms with Crippen LogP contribution >= 0.6 is 11.3 Å². The molecule has 1 aliphatic heterocycles. The SMILES string of the molecule is Cc1ccc(-c2ccc(C(=O)NC3(C(=O)O)CCOC3)s2)o1. The van der Waals surface area contributed by atoms with Crippen LogP contribution in [0.5, 0.6) is 0 Å². The monoisotopic (exact) mass is 321 g/mol. The van der Waals surface area contributed by atoms with E-state index >= 15 is 0 Å². The van der Waals surface area contributed by atoms with Gasteiger partial charge in [0.05, 0.1) is 16.4 Å². The van der Waals surface area contributed by atoms with Crippen LogP contribution in [0.3, 0.4) is 0 Å². The molecule has 2 aromatic heterocycles. The number of hydrogen-bond acceptors (Lipinski definition) is 5. The zero-order valence-electron chi connectivity index (χ0n) is 11.9. The molecule has 1 amide bonds. The summed E-state index contributed by atoms with van der Waals surface area (Å²) < 4.78 is 10.6. The van der Waals surface area contributed by atoms with E-state index in [4.69, 9.17) is 9.15 Å². The first-order valence-corrected chi connectivity index (χ1v) is 7.62. The van der Waals surface area contributed by atoms with E-state index in [-0.39, 0.29) is 13.0 Å². The molecule has 1 aliphatic rings. The van der Waals surface area contributed by atoms with Crippen molar-refractivity contribution in [3.8, 4) is 10.6 Å². The molecule has 2 N–H and O–H groups in total. The number of hydrogen-bond donors (Lipinski definition) is 2. The summed E-state index contributed by atoms with van der Waals surface area (Å²) in [6, 6.07) is 7.14. The fourth-order valence-corrected chi connectivity index (χ4v) is 3.19. The van der Waals surface area contributed by atoms with Crippen LogP contribution in [-0.2, 0) is 9.53 Å². The Morgan fingerprint density at radius 3 is 2.73 bits per heavy atom. The highest BCUT2D eigenvalue weighted by atomic mass is 32.1. The molecule has 3 rings (SSSR count). The first-order chi connectivity index (χ1) is 10.5. The first kappa shape index (κ1) is 14.8. The number of rotatable bonds is 4. The van der Waals surface area contributed by atoms with Crippen LogP contribution in [0.25, 0.3) is 10.6 Å². The van der Waals surface area contributed by atoms with Crippen LogP contribution in [0, 0.1) is 6.92 Å². The van der Waals surface area contributed by atoms with Gasteiger partial charge in [-0.25, -0.2) is 4.79 Å². The van der Waals surface area contributed by atoms with E-state index in [9.17, 15) is 14.7 Å². The van der Waals surface area contributed by atoms with Crippen LogP contribution in [0.2, 0.25) is 0 Å². The maximum atomic E-state index is 12.3. The highest BCUT2D eigenvalue weighted by molar-refractivity contribution is 7.17. The predicted octanol–water partition coefficient (Wildman–Crippen LogP) is 2.29. The van der Waals surface area contributed by atoms with Gasteiger partial charge in [-0.2, -0.15) is 0 Å². The Balaban J connectivity index is 1.78. The average molecular weight is 321 g/mol. The van der Waals surface area contributed by atoms with E-state index in [1.54, 1.807) is 12.1 Å². The van der Waals surface area contributed by atoms with E-state index in [1.807, 2.05) is 19.1 Å². The van der Waals surface area contributed by atoms with Gasteiger partial charge in [0.1, 0.15) is 11.5 Å². The maximum Gasteiger partial charge on any atom is 0.331 e. The Labute approximate surface area is 130 Å². The number of aliphatic carboxylic acids is 1. The number of nitrogens with one attached hydrogen (secondary N) is 1. The van der Waals surface area contributed by atoms with Gasteiger partial charge < -0.3 is 19.6 Å². The lowest BCUT2D eigenvalue weighted by Crippen LogP contribution is -2.55. The number of carboxylic acid groups (broad SMARTS) is 1. The van der Waals surface area contributed by atoms with Gasteiger partial charge in [-0.15, -0.1) is 11.3 Å². The van der Waals surface area contributed by atoms with Gasteiger partial charge in [0.15, 0.2) is 5.54 Å². The average Bonchev–Trinajstić information content (AvgIpc) is 3.17. The van der Waals surface area contributed by atoms with Crippen molar-refractivity contribution in [3.63, 3.8) is 0 Å². The van der Waals surface area contributed by atoms with Crippen LogP contribution in [0.4, 0.5) is 0 Å². The van der Waals surface area contributed by atoms with E-state index in [1.165, 1.54) is 11.3 Å². The Kier molecular flexibility index (Phi) is 3.76. The smallest absolute Gasteiger partial charge is 0.331 e. The van der Waals surface area contributed by atoms with Crippen molar-refractivity contribution >= 4 is 23.2 Å². The van der Waals surface area contributed by atoms with Crippen molar-refractivity contribution in [2.24, 2.45) is 0 Å². The molecule has 0 spiro atoms. The van der Waals surface area contributed by atoms with Crippen molar-refractivity contribution in [1.29, 1.82) is 0 Å². The lowest BCUT2D eigenvalue weighted by Gasteiger charge is -2.23. The highest BCUT2D eigenvalue weighted by Gasteiger charge is 2.44. The summed E-state index contributed by atoms with van der Waals surface area (Å²) in [6.45, 7) is 2.17. The molecule has 0 radical (unpaired) electrons. The molecular weight excluding hydrogens is 306 g/mol. The van der Waals surface area contributed by atoms with Gasteiger partial charge in [0.25, 0.3) is 5.91 Å². The second kappa shape index (κ2) is 5.58. The zero-order valence-corrected chi connectivity index (χ0v) is 12.7. The number of carbonyl (C=O) groups excluding carboxylic acids is 1. The number of thiophene rings is 1. The highest BCUT2D eigenvalue weighted by Crippen LogP contribution is 2.30. The lowest BCUT2D eigenvalue weighted by atomic mass is 9.99. The molecule has 2 aromatic rings. The van der Waals surface area contributed by atoms with Gasteiger partial charge in [0, 0.05) is 13.0 Å². The Morgan fingerprint density at radius 1 is 1.32 bits per heavy atom. The second-order valence-corrected chi connectivity index (χ2v) is 6.30. The minimum Gasteiger partial charge on any atom is -0.479 e. The topological polar surface area (TPSA) is 88.8 Å². The molecule has 1 fully saturated rings. The molecule has 7 heteroatoms. The summed E-state index contributed by atoms with van der Waals surface area (Å²) in [7, 11) is 0. The van der Waals surface area contributed by atoms with Crippen LogP contribution < -0.4 is 5.32 Å². The third-order valence-electron chi connectivity index (χ3n) is 3.60. The molecule has 0 aromatic carbocycles. The molecule has 1 saturated heterocycles. The van der Waals surface area contributed by atoms with Crippen molar-refractivity contribution in [2.75, 3.05) is 13.2 Å². The van der Waals surface area contributed by atoms with E-state index in [0.717, 1.165) is 10.6 Å². The van der Waals surface area contributed by atoms with Crippen molar-refractivity contribution in [1.82, 2.24) is 5.32 Å². The molecule has 22 heavy (non-hydrogen) atoms. The summed E-state index contributed by atoms with van der Waals surface area (Å²) in [5.41, 5.74) is -1.33. The number of furan rings is 1. The van der Waals surface area contributed by atoms with Crippen molar-refractivity contribution < 1.29 is 23.8 Å². The quantitative estimate of drug-likeness (QED) is 0.902. The molecule has 0 bridgehead atoms. The number of ether oxygens (including phenoxy) is 1. The van der Waals surface area contributed by atoms with E-state index < -0.39 is 17.4 Å². The number of carboxylic acids is 1. The summed E-state index contributed by atoms with van der Waals surface area (Å²) >= 11 is 1.26. The normalized spacial score (nSPS) is 21.0.